The second-order valence-corrected chi connectivity index (χ2v) is 6.84. The molecule has 0 bridgehead atoms. The number of fused-ring (bicyclic) bond motifs is 1. The molecule has 3 aromatic rings. The Bertz CT molecular complexity index is 1040. The summed E-state index contributed by atoms with van der Waals surface area (Å²) in [6, 6.07) is 15.5. The molecule has 0 radical (unpaired) electrons. The van der Waals surface area contributed by atoms with Gasteiger partial charge in [-0.15, -0.1) is 0 Å². The van der Waals surface area contributed by atoms with Gasteiger partial charge in [-0.05, 0) is 42.7 Å². The van der Waals surface area contributed by atoms with Crippen molar-refractivity contribution in [1.82, 2.24) is 4.98 Å². The van der Waals surface area contributed by atoms with Crippen LogP contribution in [-0.2, 0) is 6.42 Å². The van der Waals surface area contributed by atoms with E-state index in [-0.39, 0.29) is 5.91 Å². The summed E-state index contributed by atoms with van der Waals surface area (Å²) in [6.07, 6.45) is 5.50. The Morgan fingerprint density at radius 3 is 2.76 bits per heavy atom. The smallest absolute Gasteiger partial charge is 0.257 e. The van der Waals surface area contributed by atoms with Crippen molar-refractivity contribution in [3.63, 3.8) is 0 Å². The minimum atomic E-state index is -0.254. The summed E-state index contributed by atoms with van der Waals surface area (Å²) in [5.74, 6) is 0.947. The van der Waals surface area contributed by atoms with Crippen LogP contribution in [0.15, 0.2) is 60.9 Å². The van der Waals surface area contributed by atoms with E-state index >= 15 is 0 Å². The minimum Gasteiger partial charge on any atom is -0.497 e. The van der Waals surface area contributed by atoms with Crippen LogP contribution in [0.1, 0.15) is 22.3 Å². The highest BCUT2D eigenvalue weighted by atomic mass is 16.5. The number of para-hydroxylation sites is 1. The second-order valence-electron chi connectivity index (χ2n) is 6.84. The predicted octanol–water partition coefficient (Wildman–Crippen LogP) is 4.44. The van der Waals surface area contributed by atoms with Gasteiger partial charge < -0.3 is 19.7 Å². The van der Waals surface area contributed by atoms with Crippen molar-refractivity contribution in [3.8, 4) is 11.5 Å². The Morgan fingerprint density at radius 1 is 1.07 bits per heavy atom. The molecule has 0 saturated carbocycles. The first kappa shape index (κ1) is 18.8. The van der Waals surface area contributed by atoms with Gasteiger partial charge in [0.15, 0.2) is 0 Å². The molecule has 2 heterocycles. The van der Waals surface area contributed by atoms with E-state index in [9.17, 15) is 4.79 Å². The lowest BCUT2D eigenvalue weighted by Crippen LogP contribution is -2.25. The number of rotatable bonds is 5. The van der Waals surface area contributed by atoms with Gasteiger partial charge in [-0.3, -0.25) is 9.78 Å². The average Bonchev–Trinajstić information content (AvgIpc) is 2.78. The van der Waals surface area contributed by atoms with Gasteiger partial charge in [-0.2, -0.15) is 0 Å². The number of hydrogen-bond acceptors (Lipinski definition) is 5. The first-order chi connectivity index (χ1) is 14.2. The van der Waals surface area contributed by atoms with Crippen molar-refractivity contribution < 1.29 is 14.3 Å². The van der Waals surface area contributed by atoms with Gasteiger partial charge in [0.1, 0.15) is 11.5 Å². The standard InChI is InChI=1S/C23H23N3O3/c1-28-19-9-10-22(29-2)20(13-19)25-23(27)17-12-18(15-24-14-17)26-11-5-7-16-6-3-4-8-21(16)26/h3-4,6,8-10,12-15H,5,7,11H2,1-2H3,(H,25,27). The number of aryl methyl sites for hydroxylation is 1. The summed E-state index contributed by atoms with van der Waals surface area (Å²) in [5.41, 5.74) is 4.42. The molecule has 1 amide bonds. The highest BCUT2D eigenvalue weighted by molar-refractivity contribution is 6.05. The summed E-state index contributed by atoms with van der Waals surface area (Å²) >= 11 is 0. The maximum Gasteiger partial charge on any atom is 0.257 e. The quantitative estimate of drug-likeness (QED) is 0.699. The number of anilines is 3. The topological polar surface area (TPSA) is 63.7 Å². The summed E-state index contributed by atoms with van der Waals surface area (Å²) < 4.78 is 10.6. The van der Waals surface area contributed by atoms with Gasteiger partial charge in [0, 0.05) is 24.5 Å². The lowest BCUT2D eigenvalue weighted by molar-refractivity contribution is 0.102. The third-order valence-electron chi connectivity index (χ3n) is 5.06. The van der Waals surface area contributed by atoms with E-state index in [2.05, 4.69) is 33.4 Å². The Hall–Kier alpha value is -3.54. The molecule has 6 heteroatoms. The fourth-order valence-electron chi connectivity index (χ4n) is 3.61. The molecule has 1 N–H and O–H groups in total. The summed E-state index contributed by atoms with van der Waals surface area (Å²) in [5, 5.41) is 2.90. The van der Waals surface area contributed by atoms with E-state index in [0.29, 0.717) is 22.7 Å². The maximum atomic E-state index is 12.9. The number of methoxy groups -OCH3 is 2. The number of pyridine rings is 1. The average molecular weight is 389 g/mol. The number of carbonyl (C=O) groups is 1. The van der Waals surface area contributed by atoms with E-state index in [1.807, 2.05) is 12.1 Å². The first-order valence-electron chi connectivity index (χ1n) is 9.53. The number of amides is 1. The van der Waals surface area contributed by atoms with Crippen LogP contribution in [0.5, 0.6) is 11.5 Å². The second kappa shape index (κ2) is 8.22. The summed E-state index contributed by atoms with van der Waals surface area (Å²) in [6.45, 7) is 0.896. The number of hydrogen-bond donors (Lipinski definition) is 1. The fraction of sp³-hybridized carbons (Fsp3) is 0.217. The van der Waals surface area contributed by atoms with Gasteiger partial charge in [-0.25, -0.2) is 0 Å². The molecule has 0 aliphatic carbocycles. The number of nitrogens with zero attached hydrogens (tertiary/aromatic N) is 2. The van der Waals surface area contributed by atoms with Crippen molar-refractivity contribution >= 4 is 23.0 Å². The van der Waals surface area contributed by atoms with Crippen LogP contribution in [-0.4, -0.2) is 31.7 Å². The van der Waals surface area contributed by atoms with Crippen LogP contribution in [0, 0.1) is 0 Å². The number of nitrogens with one attached hydrogen (secondary N) is 1. The van der Waals surface area contributed by atoms with Crippen molar-refractivity contribution in [3.05, 3.63) is 72.1 Å². The van der Waals surface area contributed by atoms with E-state index in [1.165, 1.54) is 11.3 Å². The van der Waals surface area contributed by atoms with Crippen molar-refractivity contribution in [2.45, 2.75) is 12.8 Å². The van der Waals surface area contributed by atoms with Crippen LogP contribution in [0.4, 0.5) is 17.1 Å². The summed E-state index contributed by atoms with van der Waals surface area (Å²) in [4.78, 5) is 19.4. The Labute approximate surface area is 170 Å². The molecule has 1 aliphatic rings. The zero-order chi connectivity index (χ0) is 20.2. The van der Waals surface area contributed by atoms with E-state index in [4.69, 9.17) is 9.47 Å². The molecule has 0 fully saturated rings. The molecule has 0 spiro atoms. The molecule has 0 unspecified atom stereocenters. The van der Waals surface area contributed by atoms with Crippen LogP contribution >= 0.6 is 0 Å². The van der Waals surface area contributed by atoms with Crippen LogP contribution < -0.4 is 19.7 Å². The monoisotopic (exact) mass is 389 g/mol. The van der Waals surface area contributed by atoms with Gasteiger partial charge in [0.2, 0.25) is 0 Å². The van der Waals surface area contributed by atoms with Crippen LogP contribution in [0.3, 0.4) is 0 Å². The summed E-state index contributed by atoms with van der Waals surface area (Å²) in [7, 11) is 3.14. The number of carbonyl (C=O) groups excluding carboxylic acids is 1. The van der Waals surface area contributed by atoms with Gasteiger partial charge in [0.05, 0.1) is 37.4 Å². The largest absolute Gasteiger partial charge is 0.497 e. The van der Waals surface area contributed by atoms with Crippen molar-refractivity contribution in [2.75, 3.05) is 31.0 Å². The lowest BCUT2D eigenvalue weighted by atomic mass is 10.0. The van der Waals surface area contributed by atoms with E-state index in [0.717, 1.165) is 25.1 Å². The zero-order valence-electron chi connectivity index (χ0n) is 16.5. The third kappa shape index (κ3) is 3.87. The Morgan fingerprint density at radius 2 is 1.93 bits per heavy atom. The molecular formula is C23H23N3O3. The molecule has 4 rings (SSSR count). The molecule has 148 valence electrons. The zero-order valence-corrected chi connectivity index (χ0v) is 16.5. The number of benzene rings is 2. The Kier molecular flexibility index (Phi) is 5.33. The lowest BCUT2D eigenvalue weighted by Gasteiger charge is -2.31. The van der Waals surface area contributed by atoms with Crippen LogP contribution in [0.25, 0.3) is 0 Å². The number of ether oxygens (including phenoxy) is 2. The van der Waals surface area contributed by atoms with Crippen molar-refractivity contribution in [2.24, 2.45) is 0 Å². The molecule has 6 nitrogen and oxygen atoms in total. The van der Waals surface area contributed by atoms with Gasteiger partial charge in [-0.1, -0.05) is 18.2 Å². The highest BCUT2D eigenvalue weighted by Gasteiger charge is 2.19. The molecule has 2 aromatic carbocycles. The molecular weight excluding hydrogens is 366 g/mol. The van der Waals surface area contributed by atoms with E-state index < -0.39 is 0 Å². The molecule has 1 aromatic heterocycles. The SMILES string of the molecule is COc1ccc(OC)c(NC(=O)c2cncc(N3CCCc4ccccc43)c2)c1. The fourth-order valence-corrected chi connectivity index (χ4v) is 3.61. The van der Waals surface area contributed by atoms with E-state index in [1.54, 1.807) is 44.8 Å². The normalized spacial score (nSPS) is 12.8. The van der Waals surface area contributed by atoms with Gasteiger partial charge >= 0.3 is 0 Å². The number of aromatic nitrogens is 1. The maximum absolute atomic E-state index is 12.9. The molecule has 0 atom stereocenters. The molecule has 29 heavy (non-hydrogen) atoms. The molecule has 1 aliphatic heterocycles. The predicted molar refractivity (Wildman–Crippen MR) is 114 cm³/mol. The highest BCUT2D eigenvalue weighted by Crippen LogP contribution is 2.33. The van der Waals surface area contributed by atoms with Crippen LogP contribution in [0.2, 0.25) is 0 Å². The van der Waals surface area contributed by atoms with Crippen molar-refractivity contribution in [1.29, 1.82) is 0 Å². The Balaban J connectivity index is 1.61. The minimum absolute atomic E-state index is 0.254. The molecule has 0 saturated heterocycles. The third-order valence-corrected chi connectivity index (χ3v) is 5.06. The first-order valence-corrected chi connectivity index (χ1v) is 9.53. The van der Waals surface area contributed by atoms with Gasteiger partial charge in [0.25, 0.3) is 5.91 Å².